The van der Waals surface area contributed by atoms with Gasteiger partial charge in [0.25, 0.3) is 0 Å². The Balaban J connectivity index is 1.71. The molecule has 3 N–H and O–H groups in total. The highest BCUT2D eigenvalue weighted by atomic mass is 32.2. The molecule has 0 atom stereocenters. The molecule has 1 fully saturated rings. The summed E-state index contributed by atoms with van der Waals surface area (Å²) in [6.07, 6.45) is -4.03. The second-order valence-electron chi connectivity index (χ2n) is 6.80. The number of anilines is 2. The van der Waals surface area contributed by atoms with Crippen molar-refractivity contribution in [3.63, 3.8) is 0 Å². The fourth-order valence-corrected chi connectivity index (χ4v) is 3.98. The molecule has 0 bridgehead atoms. The summed E-state index contributed by atoms with van der Waals surface area (Å²) in [5.41, 5.74) is -1.09. The Labute approximate surface area is 164 Å². The molecule has 1 aliphatic rings. The molecule has 158 valence electrons. The first-order valence-corrected chi connectivity index (χ1v) is 10.2. The molecule has 2 aromatic rings. The van der Waals surface area contributed by atoms with Crippen LogP contribution in [0.4, 0.5) is 24.7 Å². The van der Waals surface area contributed by atoms with Crippen LogP contribution in [-0.2, 0) is 21.0 Å². The number of benzene rings is 1. The van der Waals surface area contributed by atoms with E-state index >= 15 is 0 Å². The van der Waals surface area contributed by atoms with Crippen molar-refractivity contribution in [1.29, 1.82) is 0 Å². The molecule has 0 radical (unpaired) electrons. The third-order valence-corrected chi connectivity index (χ3v) is 5.65. The number of nitrogens with one attached hydrogen (secondary N) is 1. The number of amides is 1. The van der Waals surface area contributed by atoms with Gasteiger partial charge in [0.2, 0.25) is 15.9 Å². The Bertz CT molecular complexity index is 1010. The summed E-state index contributed by atoms with van der Waals surface area (Å²) in [4.78, 5) is 13.0. The first kappa shape index (κ1) is 21.1. The number of nitrogens with zero attached hydrogens (tertiary/aromatic N) is 2. The SMILES string of the molecule is Cc1cc(NC(=O)C2CCN(c3ccc(S(N)(=O)=O)c(C(F)(F)F)c3)CC2)no1. The average molecular weight is 432 g/mol. The van der Waals surface area contributed by atoms with Crippen molar-refractivity contribution in [2.75, 3.05) is 23.3 Å². The zero-order valence-electron chi connectivity index (χ0n) is 15.4. The maximum atomic E-state index is 13.3. The number of aromatic nitrogens is 1. The third-order valence-electron chi connectivity index (χ3n) is 4.69. The van der Waals surface area contributed by atoms with E-state index in [0.717, 1.165) is 12.1 Å². The molecule has 0 spiro atoms. The summed E-state index contributed by atoms with van der Waals surface area (Å²) in [6.45, 7) is 2.36. The Morgan fingerprint density at radius 2 is 1.93 bits per heavy atom. The van der Waals surface area contributed by atoms with Crippen LogP contribution in [-0.4, -0.2) is 32.6 Å². The van der Waals surface area contributed by atoms with Crippen LogP contribution in [0.3, 0.4) is 0 Å². The van der Waals surface area contributed by atoms with Crippen LogP contribution in [0.2, 0.25) is 0 Å². The van der Waals surface area contributed by atoms with Crippen LogP contribution in [0.15, 0.2) is 33.7 Å². The van der Waals surface area contributed by atoms with E-state index in [1.54, 1.807) is 17.9 Å². The lowest BCUT2D eigenvalue weighted by molar-refractivity contribution is -0.139. The molecule has 1 aromatic heterocycles. The molecular weight excluding hydrogens is 413 g/mol. The topological polar surface area (TPSA) is 119 Å². The van der Waals surface area contributed by atoms with Gasteiger partial charge in [-0.05, 0) is 38.0 Å². The number of piperidine rings is 1. The zero-order chi connectivity index (χ0) is 21.4. The summed E-state index contributed by atoms with van der Waals surface area (Å²) in [5.74, 6) is 0.300. The van der Waals surface area contributed by atoms with E-state index < -0.39 is 26.7 Å². The van der Waals surface area contributed by atoms with Crippen molar-refractivity contribution in [2.45, 2.75) is 30.8 Å². The van der Waals surface area contributed by atoms with E-state index in [0.29, 0.717) is 37.5 Å². The minimum Gasteiger partial charge on any atom is -0.371 e. The van der Waals surface area contributed by atoms with Gasteiger partial charge in [-0.1, -0.05) is 5.16 Å². The molecule has 0 unspecified atom stereocenters. The minimum absolute atomic E-state index is 0.218. The normalized spacial score (nSPS) is 16.1. The molecule has 8 nitrogen and oxygen atoms in total. The number of hydrogen-bond donors (Lipinski definition) is 2. The molecule has 29 heavy (non-hydrogen) atoms. The zero-order valence-corrected chi connectivity index (χ0v) is 16.2. The number of aryl methyl sites for hydroxylation is 1. The number of nitrogens with two attached hydrogens (primary N) is 1. The molecule has 1 saturated heterocycles. The van der Waals surface area contributed by atoms with Gasteiger partial charge in [-0.15, -0.1) is 0 Å². The highest BCUT2D eigenvalue weighted by Crippen LogP contribution is 2.37. The number of carbonyl (C=O) groups excluding carboxylic acids is 1. The van der Waals surface area contributed by atoms with Crippen LogP contribution in [0.25, 0.3) is 0 Å². The molecular formula is C17H19F3N4O4S. The summed E-state index contributed by atoms with van der Waals surface area (Å²) in [7, 11) is -4.52. The maximum Gasteiger partial charge on any atom is 0.417 e. The highest BCUT2D eigenvalue weighted by Gasteiger charge is 2.37. The van der Waals surface area contributed by atoms with Gasteiger partial charge in [-0.2, -0.15) is 13.2 Å². The predicted octanol–water partition coefficient (Wildman–Crippen LogP) is 2.50. The van der Waals surface area contributed by atoms with Crippen molar-refractivity contribution in [3.05, 3.63) is 35.6 Å². The van der Waals surface area contributed by atoms with E-state index in [2.05, 4.69) is 10.5 Å². The maximum absolute atomic E-state index is 13.3. The van der Waals surface area contributed by atoms with Gasteiger partial charge in [0.15, 0.2) is 5.82 Å². The lowest BCUT2D eigenvalue weighted by Gasteiger charge is -2.33. The van der Waals surface area contributed by atoms with Crippen molar-refractivity contribution >= 4 is 27.4 Å². The Morgan fingerprint density at radius 1 is 1.28 bits per heavy atom. The lowest BCUT2D eigenvalue weighted by atomic mass is 9.95. The van der Waals surface area contributed by atoms with Gasteiger partial charge in [-0.25, -0.2) is 13.6 Å². The second-order valence-corrected chi connectivity index (χ2v) is 8.33. The van der Waals surface area contributed by atoms with Crippen LogP contribution in [0.1, 0.15) is 24.2 Å². The van der Waals surface area contributed by atoms with Gasteiger partial charge >= 0.3 is 6.18 Å². The lowest BCUT2D eigenvalue weighted by Crippen LogP contribution is -2.38. The van der Waals surface area contributed by atoms with E-state index in [-0.39, 0.29) is 17.5 Å². The Hall–Kier alpha value is -2.60. The van der Waals surface area contributed by atoms with E-state index in [1.165, 1.54) is 6.07 Å². The van der Waals surface area contributed by atoms with Gasteiger partial charge < -0.3 is 14.7 Å². The third kappa shape index (κ3) is 4.88. The van der Waals surface area contributed by atoms with Crippen LogP contribution in [0.5, 0.6) is 0 Å². The molecule has 3 rings (SSSR count). The van der Waals surface area contributed by atoms with E-state index in [1.807, 2.05) is 0 Å². The predicted molar refractivity (Wildman–Crippen MR) is 97.6 cm³/mol. The number of alkyl halides is 3. The number of rotatable bonds is 4. The van der Waals surface area contributed by atoms with Crippen LogP contribution < -0.4 is 15.4 Å². The van der Waals surface area contributed by atoms with Crippen molar-refractivity contribution in [3.8, 4) is 0 Å². The average Bonchev–Trinajstić information content (AvgIpc) is 3.04. The molecule has 1 aliphatic heterocycles. The number of sulfonamides is 1. The fraction of sp³-hybridized carbons (Fsp3) is 0.412. The summed E-state index contributed by atoms with van der Waals surface area (Å²) in [5, 5.41) is 11.2. The van der Waals surface area contributed by atoms with Crippen molar-refractivity contribution in [2.24, 2.45) is 11.1 Å². The number of primary sulfonamides is 1. The Morgan fingerprint density at radius 3 is 2.45 bits per heavy atom. The number of hydrogen-bond acceptors (Lipinski definition) is 6. The monoisotopic (exact) mass is 432 g/mol. The smallest absolute Gasteiger partial charge is 0.371 e. The highest BCUT2D eigenvalue weighted by molar-refractivity contribution is 7.89. The van der Waals surface area contributed by atoms with Crippen molar-refractivity contribution in [1.82, 2.24) is 5.16 Å². The summed E-state index contributed by atoms with van der Waals surface area (Å²) >= 11 is 0. The molecule has 0 saturated carbocycles. The Kier molecular flexibility index (Phi) is 5.59. The molecule has 12 heteroatoms. The summed E-state index contributed by atoms with van der Waals surface area (Å²) < 4.78 is 67.7. The number of carbonyl (C=O) groups is 1. The molecule has 2 heterocycles. The van der Waals surface area contributed by atoms with Gasteiger partial charge in [-0.3, -0.25) is 4.79 Å². The largest absolute Gasteiger partial charge is 0.417 e. The molecule has 1 amide bonds. The second kappa shape index (κ2) is 7.67. The van der Waals surface area contributed by atoms with E-state index in [9.17, 15) is 26.4 Å². The quantitative estimate of drug-likeness (QED) is 0.766. The van der Waals surface area contributed by atoms with E-state index in [4.69, 9.17) is 9.66 Å². The first-order valence-electron chi connectivity index (χ1n) is 8.68. The van der Waals surface area contributed by atoms with Crippen LogP contribution >= 0.6 is 0 Å². The van der Waals surface area contributed by atoms with Gasteiger partial charge in [0.05, 0.1) is 10.5 Å². The van der Waals surface area contributed by atoms with Crippen molar-refractivity contribution < 1.29 is 30.9 Å². The molecule has 0 aliphatic carbocycles. The first-order chi connectivity index (χ1) is 13.4. The van der Waals surface area contributed by atoms with Gasteiger partial charge in [0.1, 0.15) is 5.76 Å². The molecule has 1 aromatic carbocycles. The fourth-order valence-electron chi connectivity index (χ4n) is 3.24. The number of halogens is 3. The van der Waals surface area contributed by atoms with Gasteiger partial charge in [0, 0.05) is 30.8 Å². The van der Waals surface area contributed by atoms with Crippen LogP contribution in [0, 0.1) is 12.8 Å². The minimum atomic E-state index is -4.87. The summed E-state index contributed by atoms with van der Waals surface area (Å²) in [6, 6.07) is 4.50. The standard InChI is InChI=1S/C17H19F3N4O4S/c1-10-8-15(23-28-10)22-16(25)11-4-6-24(7-5-11)12-2-3-14(29(21,26)27)13(9-12)17(18,19)20/h2-3,8-9,11H,4-7H2,1H3,(H2,21,26,27)(H,22,23,25).